The summed E-state index contributed by atoms with van der Waals surface area (Å²) in [6.45, 7) is 0. The summed E-state index contributed by atoms with van der Waals surface area (Å²) in [5.74, 6) is 0.969. The summed E-state index contributed by atoms with van der Waals surface area (Å²) in [7, 11) is 1.70. The number of para-hydroxylation sites is 1. The fraction of sp³-hybridized carbons (Fsp3) is 0.0588. The lowest BCUT2D eigenvalue weighted by molar-refractivity contribution is -0.384. The van der Waals surface area contributed by atoms with Crippen LogP contribution in [0.4, 0.5) is 29.2 Å². The van der Waals surface area contributed by atoms with Gasteiger partial charge in [-0.15, -0.1) is 0 Å². The number of non-ortho nitro benzene ring substituents is 1. The van der Waals surface area contributed by atoms with Gasteiger partial charge in [-0.05, 0) is 29.8 Å². The quantitative estimate of drug-likeness (QED) is 0.288. The largest absolute Gasteiger partial charge is 1.00 e. The standard InChI is InChI=1S/C17H16N8O2.ClH/c1-18-15-21-16(20-13-5-3-2-4-6-13)23-17(22-15)24-19-11-12-7-9-14(10-8-12)25(26)27;/h2-11H,1H3,(H3,18,20,21,22,23,24);1H/p-1. The fourth-order valence-electron chi connectivity index (χ4n) is 2.09. The van der Waals surface area contributed by atoms with Gasteiger partial charge in [0.1, 0.15) is 0 Å². The van der Waals surface area contributed by atoms with Crippen molar-refractivity contribution >= 4 is 35.4 Å². The van der Waals surface area contributed by atoms with Crippen LogP contribution in [0, 0.1) is 10.1 Å². The van der Waals surface area contributed by atoms with Crippen LogP contribution in [0.15, 0.2) is 59.7 Å². The van der Waals surface area contributed by atoms with E-state index in [0.717, 1.165) is 5.69 Å². The number of nitrogens with one attached hydrogen (secondary N) is 3. The van der Waals surface area contributed by atoms with E-state index in [4.69, 9.17) is 0 Å². The van der Waals surface area contributed by atoms with E-state index in [9.17, 15) is 10.1 Å². The summed E-state index contributed by atoms with van der Waals surface area (Å²) in [4.78, 5) is 22.9. The maximum absolute atomic E-state index is 10.7. The van der Waals surface area contributed by atoms with Crippen molar-refractivity contribution in [2.24, 2.45) is 5.10 Å². The topological polar surface area (TPSA) is 130 Å². The van der Waals surface area contributed by atoms with Gasteiger partial charge in [0.2, 0.25) is 17.8 Å². The Bertz CT molecular complexity index is 951. The molecule has 0 fully saturated rings. The highest BCUT2D eigenvalue weighted by atomic mass is 35.5. The van der Waals surface area contributed by atoms with Gasteiger partial charge in [-0.2, -0.15) is 20.1 Å². The molecule has 0 aliphatic carbocycles. The Morgan fingerprint density at radius 2 is 1.61 bits per heavy atom. The molecule has 3 N–H and O–H groups in total. The summed E-state index contributed by atoms with van der Waals surface area (Å²) in [6, 6.07) is 15.5. The first-order valence-corrected chi connectivity index (χ1v) is 7.93. The second-order valence-electron chi connectivity index (χ2n) is 5.27. The average Bonchev–Trinajstić information content (AvgIpc) is 2.69. The van der Waals surface area contributed by atoms with Crippen molar-refractivity contribution in [2.45, 2.75) is 0 Å². The van der Waals surface area contributed by atoms with Gasteiger partial charge in [0.25, 0.3) is 5.69 Å². The van der Waals surface area contributed by atoms with Crippen LogP contribution >= 0.6 is 0 Å². The predicted octanol–water partition coefficient (Wildman–Crippen LogP) is 0.0151. The van der Waals surface area contributed by atoms with Crippen LogP contribution in [0.2, 0.25) is 0 Å². The van der Waals surface area contributed by atoms with Gasteiger partial charge in [0, 0.05) is 24.9 Å². The number of aromatic nitrogens is 3. The molecular formula is C17H16ClN8O2-. The Kier molecular flexibility index (Phi) is 7.17. The number of halogens is 1. The first-order chi connectivity index (χ1) is 13.1. The summed E-state index contributed by atoms with van der Waals surface area (Å²) < 4.78 is 0. The minimum Gasteiger partial charge on any atom is -1.00 e. The molecule has 0 amide bonds. The van der Waals surface area contributed by atoms with Crippen molar-refractivity contribution in [3.8, 4) is 0 Å². The highest BCUT2D eigenvalue weighted by molar-refractivity contribution is 5.80. The van der Waals surface area contributed by atoms with E-state index < -0.39 is 4.92 Å². The molecule has 0 atom stereocenters. The predicted molar refractivity (Wildman–Crippen MR) is 103 cm³/mol. The van der Waals surface area contributed by atoms with Crippen LogP contribution in [-0.2, 0) is 0 Å². The van der Waals surface area contributed by atoms with E-state index in [1.54, 1.807) is 19.2 Å². The lowest BCUT2D eigenvalue weighted by Gasteiger charge is -2.08. The molecule has 0 aliphatic rings. The molecule has 1 heterocycles. The summed E-state index contributed by atoms with van der Waals surface area (Å²) >= 11 is 0. The van der Waals surface area contributed by atoms with E-state index in [1.165, 1.54) is 18.3 Å². The molecular weight excluding hydrogens is 384 g/mol. The fourth-order valence-corrected chi connectivity index (χ4v) is 2.09. The first kappa shape index (κ1) is 20.5. The van der Waals surface area contributed by atoms with Gasteiger partial charge in [-0.25, -0.2) is 5.43 Å². The number of anilines is 4. The molecule has 3 rings (SSSR count). The summed E-state index contributed by atoms with van der Waals surface area (Å²) in [6.07, 6.45) is 1.51. The molecule has 0 spiro atoms. The van der Waals surface area contributed by atoms with Gasteiger partial charge in [-0.3, -0.25) is 10.1 Å². The molecule has 0 radical (unpaired) electrons. The van der Waals surface area contributed by atoms with Gasteiger partial charge < -0.3 is 23.0 Å². The van der Waals surface area contributed by atoms with Gasteiger partial charge in [0.05, 0.1) is 11.1 Å². The lowest BCUT2D eigenvalue weighted by atomic mass is 10.2. The number of nitrogens with zero attached hydrogens (tertiary/aromatic N) is 5. The second-order valence-corrected chi connectivity index (χ2v) is 5.27. The zero-order valence-corrected chi connectivity index (χ0v) is 15.5. The van der Waals surface area contributed by atoms with Crippen molar-refractivity contribution in [1.29, 1.82) is 0 Å². The van der Waals surface area contributed by atoms with Crippen LogP contribution < -0.4 is 28.5 Å². The second kappa shape index (κ2) is 9.78. The Morgan fingerprint density at radius 1 is 0.964 bits per heavy atom. The average molecular weight is 400 g/mol. The molecule has 0 saturated carbocycles. The smallest absolute Gasteiger partial charge is 0.269 e. The maximum atomic E-state index is 10.7. The maximum Gasteiger partial charge on any atom is 0.269 e. The van der Waals surface area contributed by atoms with E-state index in [2.05, 4.69) is 36.1 Å². The lowest BCUT2D eigenvalue weighted by Crippen LogP contribution is -3.00. The minimum absolute atomic E-state index is 0. The zero-order chi connectivity index (χ0) is 19.1. The van der Waals surface area contributed by atoms with E-state index in [-0.39, 0.29) is 24.0 Å². The van der Waals surface area contributed by atoms with Crippen LogP contribution in [0.1, 0.15) is 5.56 Å². The van der Waals surface area contributed by atoms with Crippen molar-refractivity contribution in [2.75, 3.05) is 23.1 Å². The zero-order valence-electron chi connectivity index (χ0n) is 14.7. The number of benzene rings is 2. The van der Waals surface area contributed by atoms with Crippen molar-refractivity contribution in [3.63, 3.8) is 0 Å². The van der Waals surface area contributed by atoms with Crippen molar-refractivity contribution in [1.82, 2.24) is 15.0 Å². The summed E-state index contributed by atoms with van der Waals surface area (Å²) in [5, 5.41) is 20.7. The molecule has 11 heteroatoms. The monoisotopic (exact) mass is 399 g/mol. The molecule has 0 bridgehead atoms. The molecule has 0 saturated heterocycles. The van der Waals surface area contributed by atoms with Gasteiger partial charge in [-0.1, -0.05) is 18.2 Å². The SMILES string of the molecule is CNc1nc(NN=Cc2ccc([N+](=O)[O-])cc2)nc(Nc2ccccc2)n1.[Cl-]. The van der Waals surface area contributed by atoms with Gasteiger partial charge in [0.15, 0.2) is 0 Å². The molecule has 10 nitrogen and oxygen atoms in total. The van der Waals surface area contributed by atoms with Crippen molar-refractivity contribution < 1.29 is 17.3 Å². The third kappa shape index (κ3) is 5.61. The van der Waals surface area contributed by atoms with Crippen LogP contribution in [-0.4, -0.2) is 33.1 Å². The molecule has 2 aromatic carbocycles. The summed E-state index contributed by atoms with van der Waals surface area (Å²) in [5.41, 5.74) is 4.28. The van der Waals surface area contributed by atoms with E-state index in [0.29, 0.717) is 17.5 Å². The normalized spacial score (nSPS) is 10.2. The Hall–Kier alpha value is -3.79. The Morgan fingerprint density at radius 3 is 2.25 bits per heavy atom. The van der Waals surface area contributed by atoms with Crippen LogP contribution in [0.5, 0.6) is 0 Å². The molecule has 0 unspecified atom stereocenters. The Labute approximate surface area is 166 Å². The minimum atomic E-state index is -0.454. The number of nitro groups is 1. The third-order valence-corrected chi connectivity index (χ3v) is 3.37. The molecule has 144 valence electrons. The first-order valence-electron chi connectivity index (χ1n) is 7.93. The number of hydrogen-bond donors (Lipinski definition) is 3. The Balaban J connectivity index is 0.00000280. The molecule has 28 heavy (non-hydrogen) atoms. The van der Waals surface area contributed by atoms with Gasteiger partial charge >= 0.3 is 0 Å². The van der Waals surface area contributed by atoms with Crippen LogP contribution in [0.25, 0.3) is 0 Å². The van der Waals surface area contributed by atoms with Crippen LogP contribution in [0.3, 0.4) is 0 Å². The number of hydrazone groups is 1. The highest BCUT2D eigenvalue weighted by Crippen LogP contribution is 2.15. The molecule has 3 aromatic rings. The highest BCUT2D eigenvalue weighted by Gasteiger charge is 2.06. The molecule has 1 aromatic heterocycles. The van der Waals surface area contributed by atoms with E-state index in [1.807, 2.05) is 30.3 Å². The molecule has 0 aliphatic heterocycles. The third-order valence-electron chi connectivity index (χ3n) is 3.37. The number of nitro benzene ring substituents is 1. The number of rotatable bonds is 7. The van der Waals surface area contributed by atoms with E-state index >= 15 is 0 Å². The number of hydrogen-bond acceptors (Lipinski definition) is 9. The van der Waals surface area contributed by atoms with Crippen molar-refractivity contribution in [3.05, 3.63) is 70.3 Å².